The molecular weight excluding hydrogens is 356 g/mol. The Kier molecular flexibility index (Phi) is 7.87. The van der Waals surface area contributed by atoms with Crippen LogP contribution in [0, 0.1) is 0 Å². The summed E-state index contributed by atoms with van der Waals surface area (Å²) in [6, 6.07) is 22.9. The minimum atomic E-state index is -0.246. The third-order valence-corrected chi connectivity index (χ3v) is 5.11. The standard InChI is InChI=1S/C24H26O2.ClH/c1-18(21-17-9-14-19-11-5-7-15-22(19)21)10-3-4-12-20-13-6-8-16-23(20)24(25)26-2;/h5-9,11,13-18H,3-4,10,12H2,1-2H3;1H/t18-;/m0./s1. The lowest BCUT2D eigenvalue weighted by Crippen LogP contribution is -2.05. The minimum Gasteiger partial charge on any atom is -0.465 e. The number of carbonyl (C=O) groups is 1. The quantitative estimate of drug-likeness (QED) is 0.341. The Morgan fingerprint density at radius 3 is 2.44 bits per heavy atom. The molecule has 0 fully saturated rings. The summed E-state index contributed by atoms with van der Waals surface area (Å²) in [6.45, 7) is 2.31. The first-order valence-corrected chi connectivity index (χ1v) is 9.34. The van der Waals surface area contributed by atoms with Gasteiger partial charge in [-0.05, 0) is 53.1 Å². The number of methoxy groups -OCH3 is 1. The van der Waals surface area contributed by atoms with E-state index in [9.17, 15) is 4.79 Å². The highest BCUT2D eigenvalue weighted by molar-refractivity contribution is 5.91. The SMILES string of the molecule is COC(=O)c1ccccc1CCCC[C@H](C)c1cccc2ccccc12.Cl. The van der Waals surface area contributed by atoms with E-state index in [2.05, 4.69) is 49.4 Å². The van der Waals surface area contributed by atoms with Crippen molar-refractivity contribution in [2.24, 2.45) is 0 Å². The van der Waals surface area contributed by atoms with Gasteiger partial charge in [-0.3, -0.25) is 0 Å². The molecule has 0 aliphatic rings. The Labute approximate surface area is 168 Å². The maximum Gasteiger partial charge on any atom is 0.338 e. The largest absolute Gasteiger partial charge is 0.465 e. The molecule has 2 nitrogen and oxygen atoms in total. The molecule has 142 valence electrons. The molecule has 0 spiro atoms. The van der Waals surface area contributed by atoms with E-state index in [-0.39, 0.29) is 18.4 Å². The van der Waals surface area contributed by atoms with E-state index in [0.717, 1.165) is 31.2 Å². The van der Waals surface area contributed by atoms with Gasteiger partial charge in [0.2, 0.25) is 0 Å². The van der Waals surface area contributed by atoms with Crippen LogP contribution in [0.3, 0.4) is 0 Å². The van der Waals surface area contributed by atoms with E-state index in [1.807, 2.05) is 24.3 Å². The molecule has 0 bridgehead atoms. The van der Waals surface area contributed by atoms with Crippen LogP contribution in [0.25, 0.3) is 10.8 Å². The smallest absolute Gasteiger partial charge is 0.338 e. The van der Waals surface area contributed by atoms with Crippen molar-refractivity contribution < 1.29 is 9.53 Å². The fourth-order valence-corrected chi connectivity index (χ4v) is 3.65. The van der Waals surface area contributed by atoms with Crippen LogP contribution >= 0.6 is 12.4 Å². The maximum atomic E-state index is 11.9. The molecule has 0 saturated carbocycles. The number of halogens is 1. The van der Waals surface area contributed by atoms with Crippen molar-refractivity contribution in [3.05, 3.63) is 83.4 Å². The third-order valence-electron chi connectivity index (χ3n) is 5.11. The van der Waals surface area contributed by atoms with Gasteiger partial charge in [0.25, 0.3) is 0 Å². The second-order valence-corrected chi connectivity index (χ2v) is 6.86. The molecule has 3 aromatic carbocycles. The van der Waals surface area contributed by atoms with E-state index in [4.69, 9.17) is 4.74 Å². The fourth-order valence-electron chi connectivity index (χ4n) is 3.65. The zero-order valence-electron chi connectivity index (χ0n) is 16.0. The van der Waals surface area contributed by atoms with Crippen LogP contribution in [0.15, 0.2) is 66.7 Å². The first kappa shape index (κ1) is 21.0. The highest BCUT2D eigenvalue weighted by Crippen LogP contribution is 2.29. The van der Waals surface area contributed by atoms with Gasteiger partial charge >= 0.3 is 5.97 Å². The normalized spacial score (nSPS) is 11.6. The van der Waals surface area contributed by atoms with Crippen LogP contribution in [-0.2, 0) is 11.2 Å². The number of benzene rings is 3. The van der Waals surface area contributed by atoms with Crippen molar-refractivity contribution in [3.63, 3.8) is 0 Å². The number of aryl methyl sites for hydroxylation is 1. The molecule has 0 aliphatic heterocycles. The second kappa shape index (κ2) is 10.1. The van der Waals surface area contributed by atoms with Crippen molar-refractivity contribution in [2.75, 3.05) is 7.11 Å². The molecule has 0 saturated heterocycles. The number of fused-ring (bicyclic) bond motifs is 1. The van der Waals surface area contributed by atoms with E-state index in [1.54, 1.807) is 0 Å². The highest BCUT2D eigenvalue weighted by atomic mass is 35.5. The van der Waals surface area contributed by atoms with Crippen LogP contribution in [0.5, 0.6) is 0 Å². The van der Waals surface area contributed by atoms with Crippen LogP contribution in [0.4, 0.5) is 0 Å². The number of esters is 1. The molecule has 1 atom stereocenters. The van der Waals surface area contributed by atoms with Gasteiger partial charge in [-0.1, -0.05) is 74.0 Å². The van der Waals surface area contributed by atoms with Gasteiger partial charge in [-0.25, -0.2) is 4.79 Å². The molecule has 0 aliphatic carbocycles. The number of ether oxygens (including phenoxy) is 1. The summed E-state index contributed by atoms with van der Waals surface area (Å²) >= 11 is 0. The molecule has 3 heteroatoms. The van der Waals surface area contributed by atoms with Gasteiger partial charge in [0.05, 0.1) is 12.7 Å². The molecule has 3 rings (SSSR count). The zero-order chi connectivity index (χ0) is 18.4. The highest BCUT2D eigenvalue weighted by Gasteiger charge is 2.12. The maximum absolute atomic E-state index is 11.9. The molecule has 0 radical (unpaired) electrons. The van der Waals surface area contributed by atoms with Crippen molar-refractivity contribution in [2.45, 2.75) is 38.5 Å². The van der Waals surface area contributed by atoms with E-state index in [0.29, 0.717) is 11.5 Å². The summed E-state index contributed by atoms with van der Waals surface area (Å²) in [4.78, 5) is 11.9. The van der Waals surface area contributed by atoms with E-state index < -0.39 is 0 Å². The third kappa shape index (κ3) is 5.11. The zero-order valence-corrected chi connectivity index (χ0v) is 16.8. The Hall–Kier alpha value is -2.32. The predicted molar refractivity (Wildman–Crippen MR) is 115 cm³/mol. The Balaban J connectivity index is 0.00000261. The molecular formula is C24H27ClO2. The van der Waals surface area contributed by atoms with Gasteiger partial charge in [-0.2, -0.15) is 0 Å². The lowest BCUT2D eigenvalue weighted by Gasteiger charge is -2.15. The topological polar surface area (TPSA) is 26.3 Å². The minimum absolute atomic E-state index is 0. The monoisotopic (exact) mass is 382 g/mol. The Morgan fingerprint density at radius 2 is 1.63 bits per heavy atom. The Bertz CT molecular complexity index is 883. The molecule has 0 N–H and O–H groups in total. The molecule has 0 heterocycles. The summed E-state index contributed by atoms with van der Waals surface area (Å²) in [6.07, 6.45) is 4.27. The van der Waals surface area contributed by atoms with Gasteiger partial charge in [0.15, 0.2) is 0 Å². The molecule has 27 heavy (non-hydrogen) atoms. The van der Waals surface area contributed by atoms with Gasteiger partial charge < -0.3 is 4.74 Å². The second-order valence-electron chi connectivity index (χ2n) is 6.86. The van der Waals surface area contributed by atoms with E-state index >= 15 is 0 Å². The lowest BCUT2D eigenvalue weighted by molar-refractivity contribution is 0.0599. The van der Waals surface area contributed by atoms with Crippen LogP contribution < -0.4 is 0 Å². The molecule has 0 aromatic heterocycles. The number of rotatable bonds is 7. The van der Waals surface area contributed by atoms with Gasteiger partial charge in [0, 0.05) is 0 Å². The number of hydrogen-bond donors (Lipinski definition) is 0. The lowest BCUT2D eigenvalue weighted by atomic mass is 9.90. The van der Waals surface area contributed by atoms with E-state index in [1.165, 1.54) is 23.4 Å². The van der Waals surface area contributed by atoms with Crippen molar-refractivity contribution in [3.8, 4) is 0 Å². The first-order chi connectivity index (χ1) is 12.7. The summed E-state index contributed by atoms with van der Waals surface area (Å²) < 4.78 is 4.88. The van der Waals surface area contributed by atoms with Crippen LogP contribution in [0.1, 0.15) is 53.6 Å². The fraction of sp³-hybridized carbons (Fsp3) is 0.292. The summed E-state index contributed by atoms with van der Waals surface area (Å²) in [7, 11) is 1.44. The van der Waals surface area contributed by atoms with Crippen molar-refractivity contribution in [1.82, 2.24) is 0 Å². The Morgan fingerprint density at radius 1 is 0.926 bits per heavy atom. The number of unbranched alkanes of at least 4 members (excludes halogenated alkanes) is 1. The van der Waals surface area contributed by atoms with Crippen molar-refractivity contribution >= 4 is 29.1 Å². The molecule has 3 aromatic rings. The molecule has 0 amide bonds. The van der Waals surface area contributed by atoms with Crippen LogP contribution in [-0.4, -0.2) is 13.1 Å². The number of carbonyl (C=O) groups excluding carboxylic acids is 1. The summed E-state index contributed by atoms with van der Waals surface area (Å²) in [5.41, 5.74) is 3.20. The number of hydrogen-bond acceptors (Lipinski definition) is 2. The molecule has 0 unspecified atom stereocenters. The van der Waals surface area contributed by atoms with Gasteiger partial charge in [-0.15, -0.1) is 12.4 Å². The van der Waals surface area contributed by atoms with Crippen molar-refractivity contribution in [1.29, 1.82) is 0 Å². The summed E-state index contributed by atoms with van der Waals surface area (Å²) in [5, 5.41) is 2.67. The first-order valence-electron chi connectivity index (χ1n) is 9.34. The average Bonchev–Trinajstić information content (AvgIpc) is 2.70. The summed E-state index contributed by atoms with van der Waals surface area (Å²) in [5.74, 6) is 0.279. The van der Waals surface area contributed by atoms with Crippen LogP contribution in [0.2, 0.25) is 0 Å². The predicted octanol–water partition coefficient (Wildman–Crippen LogP) is 6.56. The average molecular weight is 383 g/mol. The van der Waals surface area contributed by atoms with Gasteiger partial charge in [0.1, 0.15) is 0 Å².